The minimum Gasteiger partial charge on any atom is -0.481 e. The number of ether oxygens (including phenoxy) is 1. The summed E-state index contributed by atoms with van der Waals surface area (Å²) in [5.41, 5.74) is 4.39. The van der Waals surface area contributed by atoms with Gasteiger partial charge in [-0.2, -0.15) is 0 Å². The standard InChI is InChI=1S/C26H28F2N2O5/c1-14(2)21(11-22(31)29-12-20-23(24(32)33)26(20,27)28)30-25(34)35-13-19-17-9-5-3-7-15(17)16-8-4-6-10-18(16)19/h3-10,14,19-21,23H,11-13H2,1-2H3,(H,29,31)(H,30,34)(H,32,33)/t20-,21?,23-/m1/s1. The molecule has 0 saturated heterocycles. The molecule has 1 unspecified atom stereocenters. The Morgan fingerprint density at radius 3 is 2.11 bits per heavy atom. The third kappa shape index (κ3) is 4.99. The highest BCUT2D eigenvalue weighted by Crippen LogP contribution is 2.54. The molecule has 0 heterocycles. The van der Waals surface area contributed by atoms with Crippen LogP contribution < -0.4 is 10.6 Å². The summed E-state index contributed by atoms with van der Waals surface area (Å²) < 4.78 is 32.6. The van der Waals surface area contributed by atoms with Gasteiger partial charge in [0, 0.05) is 24.9 Å². The highest BCUT2D eigenvalue weighted by atomic mass is 19.3. The number of alkyl carbamates (subject to hydrolysis) is 1. The maximum atomic E-state index is 13.5. The van der Waals surface area contributed by atoms with Gasteiger partial charge in [0.05, 0.1) is 5.92 Å². The molecule has 186 valence electrons. The molecule has 0 radical (unpaired) electrons. The number of benzene rings is 2. The quantitative estimate of drug-likeness (QED) is 0.497. The van der Waals surface area contributed by atoms with Gasteiger partial charge in [0.25, 0.3) is 5.92 Å². The molecule has 2 aliphatic rings. The van der Waals surface area contributed by atoms with E-state index in [9.17, 15) is 23.2 Å². The molecule has 9 heteroatoms. The summed E-state index contributed by atoms with van der Waals surface area (Å²) >= 11 is 0. The number of nitrogens with one attached hydrogen (secondary N) is 2. The monoisotopic (exact) mass is 486 g/mol. The van der Waals surface area contributed by atoms with E-state index in [0.29, 0.717) is 0 Å². The van der Waals surface area contributed by atoms with E-state index in [4.69, 9.17) is 9.84 Å². The molecule has 0 bridgehead atoms. The summed E-state index contributed by atoms with van der Waals surface area (Å²) in [4.78, 5) is 35.7. The van der Waals surface area contributed by atoms with E-state index in [2.05, 4.69) is 10.6 Å². The number of alkyl halides is 2. The number of carboxylic acid groups (broad SMARTS) is 1. The van der Waals surface area contributed by atoms with Gasteiger partial charge in [0.1, 0.15) is 12.5 Å². The van der Waals surface area contributed by atoms with Gasteiger partial charge in [-0.05, 0) is 28.2 Å². The SMILES string of the molecule is CC(C)C(CC(=O)NC[C@@H]1[C@H](C(=O)O)C1(F)F)NC(=O)OCC1c2ccccc2-c2ccccc21. The Hall–Kier alpha value is -3.49. The highest BCUT2D eigenvalue weighted by molar-refractivity contribution is 5.80. The second-order valence-electron chi connectivity index (χ2n) is 9.43. The Morgan fingerprint density at radius 1 is 1.03 bits per heavy atom. The number of hydrogen-bond donors (Lipinski definition) is 3. The van der Waals surface area contributed by atoms with Crippen LogP contribution in [0.4, 0.5) is 13.6 Å². The van der Waals surface area contributed by atoms with Crippen molar-refractivity contribution >= 4 is 18.0 Å². The molecule has 0 aromatic heterocycles. The lowest BCUT2D eigenvalue weighted by Gasteiger charge is -2.22. The van der Waals surface area contributed by atoms with Crippen LogP contribution in [0.2, 0.25) is 0 Å². The Bertz CT molecular complexity index is 1090. The largest absolute Gasteiger partial charge is 0.481 e. The minimum atomic E-state index is -3.32. The van der Waals surface area contributed by atoms with E-state index >= 15 is 0 Å². The molecule has 3 atom stereocenters. The molecule has 2 amide bonds. The van der Waals surface area contributed by atoms with Gasteiger partial charge in [-0.15, -0.1) is 0 Å². The van der Waals surface area contributed by atoms with E-state index in [-0.39, 0.29) is 24.9 Å². The van der Waals surface area contributed by atoms with E-state index in [0.717, 1.165) is 22.3 Å². The predicted molar refractivity (Wildman–Crippen MR) is 124 cm³/mol. The fraction of sp³-hybridized carbons (Fsp3) is 0.423. The van der Waals surface area contributed by atoms with E-state index in [1.807, 2.05) is 62.4 Å². The molecule has 2 aromatic rings. The van der Waals surface area contributed by atoms with E-state index < -0.39 is 48.3 Å². The zero-order valence-corrected chi connectivity index (χ0v) is 19.5. The molecule has 4 rings (SSSR count). The number of carbonyl (C=O) groups is 3. The summed E-state index contributed by atoms with van der Waals surface area (Å²) in [6.07, 6.45) is -0.809. The van der Waals surface area contributed by atoms with Crippen LogP contribution in [0.25, 0.3) is 11.1 Å². The van der Waals surface area contributed by atoms with Crippen LogP contribution in [0.1, 0.15) is 37.3 Å². The van der Waals surface area contributed by atoms with Crippen molar-refractivity contribution in [3.8, 4) is 11.1 Å². The van der Waals surface area contributed by atoms with E-state index in [1.165, 1.54) is 0 Å². The van der Waals surface area contributed by atoms with Crippen molar-refractivity contribution in [3.05, 3.63) is 59.7 Å². The van der Waals surface area contributed by atoms with Gasteiger partial charge in [-0.3, -0.25) is 9.59 Å². The summed E-state index contributed by atoms with van der Waals surface area (Å²) in [6.45, 7) is 3.33. The summed E-state index contributed by atoms with van der Waals surface area (Å²) in [5, 5.41) is 13.9. The van der Waals surface area contributed by atoms with Crippen LogP contribution in [-0.2, 0) is 14.3 Å². The molecule has 2 aliphatic carbocycles. The fourth-order valence-corrected chi connectivity index (χ4v) is 4.72. The van der Waals surface area contributed by atoms with Gasteiger partial charge in [-0.25, -0.2) is 13.6 Å². The number of rotatable bonds is 9. The van der Waals surface area contributed by atoms with Crippen LogP contribution in [0.5, 0.6) is 0 Å². The topological polar surface area (TPSA) is 105 Å². The van der Waals surface area contributed by atoms with Crippen LogP contribution in [-0.4, -0.2) is 48.2 Å². The van der Waals surface area contributed by atoms with Crippen molar-refractivity contribution in [3.63, 3.8) is 0 Å². The first-order valence-corrected chi connectivity index (χ1v) is 11.6. The fourth-order valence-electron chi connectivity index (χ4n) is 4.72. The molecular weight excluding hydrogens is 458 g/mol. The number of fused-ring (bicyclic) bond motifs is 3. The first-order chi connectivity index (χ1) is 16.6. The maximum absolute atomic E-state index is 13.5. The third-order valence-corrected chi connectivity index (χ3v) is 6.84. The number of amides is 2. The van der Waals surface area contributed by atoms with Crippen molar-refractivity contribution in [2.24, 2.45) is 17.8 Å². The van der Waals surface area contributed by atoms with Crippen molar-refractivity contribution in [1.82, 2.24) is 10.6 Å². The molecule has 0 spiro atoms. The predicted octanol–water partition coefficient (Wildman–Crippen LogP) is 4.02. The van der Waals surface area contributed by atoms with Gasteiger partial charge in [0.2, 0.25) is 5.91 Å². The molecular formula is C26H28F2N2O5. The van der Waals surface area contributed by atoms with Gasteiger partial charge in [-0.1, -0.05) is 62.4 Å². The van der Waals surface area contributed by atoms with Crippen LogP contribution in [0.15, 0.2) is 48.5 Å². The third-order valence-electron chi connectivity index (χ3n) is 6.84. The van der Waals surface area contributed by atoms with Gasteiger partial charge in [0.15, 0.2) is 0 Å². The van der Waals surface area contributed by atoms with Crippen molar-refractivity contribution < 1.29 is 33.0 Å². The smallest absolute Gasteiger partial charge is 0.407 e. The molecule has 0 aliphatic heterocycles. The van der Waals surface area contributed by atoms with Crippen LogP contribution >= 0.6 is 0 Å². The van der Waals surface area contributed by atoms with Crippen molar-refractivity contribution in [2.45, 2.75) is 38.2 Å². The lowest BCUT2D eigenvalue weighted by atomic mass is 9.98. The average molecular weight is 487 g/mol. The first kappa shape index (κ1) is 24.6. The Balaban J connectivity index is 1.30. The molecule has 1 saturated carbocycles. The zero-order chi connectivity index (χ0) is 25.3. The average Bonchev–Trinajstić information content (AvgIpc) is 3.23. The van der Waals surface area contributed by atoms with Crippen LogP contribution in [0.3, 0.4) is 0 Å². The first-order valence-electron chi connectivity index (χ1n) is 11.6. The molecule has 2 aromatic carbocycles. The number of carboxylic acids is 1. The number of hydrogen-bond acceptors (Lipinski definition) is 4. The number of halogens is 2. The lowest BCUT2D eigenvalue weighted by molar-refractivity contribution is -0.141. The number of aliphatic carboxylic acids is 1. The second kappa shape index (κ2) is 9.64. The Morgan fingerprint density at radius 2 is 1.60 bits per heavy atom. The number of carbonyl (C=O) groups excluding carboxylic acids is 2. The highest BCUT2D eigenvalue weighted by Gasteiger charge is 2.72. The minimum absolute atomic E-state index is 0.101. The van der Waals surface area contributed by atoms with E-state index in [1.54, 1.807) is 0 Å². The van der Waals surface area contributed by atoms with Crippen molar-refractivity contribution in [1.29, 1.82) is 0 Å². The molecule has 35 heavy (non-hydrogen) atoms. The Labute approximate surface area is 201 Å². The van der Waals surface area contributed by atoms with Gasteiger partial charge >= 0.3 is 12.1 Å². The van der Waals surface area contributed by atoms with Crippen LogP contribution in [0, 0.1) is 17.8 Å². The molecule has 3 N–H and O–H groups in total. The Kier molecular flexibility index (Phi) is 6.78. The van der Waals surface area contributed by atoms with Gasteiger partial charge < -0.3 is 20.5 Å². The molecule has 1 fully saturated rings. The lowest BCUT2D eigenvalue weighted by Crippen LogP contribution is -2.43. The summed E-state index contributed by atoms with van der Waals surface area (Å²) in [6, 6.07) is 15.4. The molecule has 7 nitrogen and oxygen atoms in total. The zero-order valence-electron chi connectivity index (χ0n) is 19.5. The second-order valence-corrected chi connectivity index (χ2v) is 9.43. The maximum Gasteiger partial charge on any atom is 0.407 e. The normalized spacial score (nSPS) is 20.5. The summed E-state index contributed by atoms with van der Waals surface area (Å²) in [5.74, 6) is -8.87. The van der Waals surface area contributed by atoms with Crippen molar-refractivity contribution in [2.75, 3.05) is 13.2 Å². The summed E-state index contributed by atoms with van der Waals surface area (Å²) in [7, 11) is 0.